The van der Waals surface area contributed by atoms with Crippen LogP contribution in [0.15, 0.2) is 22.7 Å². The van der Waals surface area contributed by atoms with Crippen molar-refractivity contribution in [2.45, 2.75) is 13.5 Å². The third-order valence-corrected chi connectivity index (χ3v) is 4.29. The van der Waals surface area contributed by atoms with Gasteiger partial charge in [0.05, 0.1) is 26.3 Å². The highest BCUT2D eigenvalue weighted by atomic mass is 16.5. The number of aromatic nitrogens is 2. The highest BCUT2D eigenvalue weighted by Gasteiger charge is 2.21. The maximum absolute atomic E-state index is 11.4. The van der Waals surface area contributed by atoms with Crippen LogP contribution in [0, 0.1) is 0 Å². The summed E-state index contributed by atoms with van der Waals surface area (Å²) in [5.41, 5.74) is 0.750. The molecular weight excluding hydrogens is 324 g/mol. The molecule has 1 aromatic carbocycles. The average molecular weight is 346 g/mol. The van der Waals surface area contributed by atoms with E-state index in [2.05, 4.69) is 15.0 Å². The number of hydrogen-bond donors (Lipinski definition) is 0. The fourth-order valence-corrected chi connectivity index (χ4v) is 2.82. The quantitative estimate of drug-likeness (QED) is 0.810. The number of ether oxygens (including phenoxy) is 2. The number of carbonyl (C=O) groups excluding carboxylic acids is 1. The Balaban J connectivity index is 1.68. The van der Waals surface area contributed by atoms with E-state index in [1.54, 1.807) is 27.2 Å². The van der Waals surface area contributed by atoms with Crippen LogP contribution >= 0.6 is 0 Å². The van der Waals surface area contributed by atoms with Crippen LogP contribution in [-0.2, 0) is 11.3 Å². The molecule has 1 aliphatic heterocycles. The minimum absolute atomic E-state index is 0.117. The van der Waals surface area contributed by atoms with Gasteiger partial charge in [-0.25, -0.2) is 0 Å². The van der Waals surface area contributed by atoms with Gasteiger partial charge in [-0.15, -0.1) is 0 Å². The van der Waals surface area contributed by atoms with E-state index in [4.69, 9.17) is 14.0 Å². The predicted octanol–water partition coefficient (Wildman–Crippen LogP) is 1.42. The van der Waals surface area contributed by atoms with Gasteiger partial charge in [-0.3, -0.25) is 9.69 Å². The molecule has 134 valence electrons. The Hall–Kier alpha value is -2.61. The van der Waals surface area contributed by atoms with Crippen LogP contribution < -0.4 is 9.47 Å². The molecule has 1 amide bonds. The maximum atomic E-state index is 11.4. The minimum atomic E-state index is 0.117. The van der Waals surface area contributed by atoms with Gasteiger partial charge in [-0.2, -0.15) is 4.98 Å². The Morgan fingerprint density at radius 3 is 2.60 bits per heavy atom. The zero-order valence-electron chi connectivity index (χ0n) is 14.7. The number of hydrogen-bond acceptors (Lipinski definition) is 7. The first kappa shape index (κ1) is 17.2. The van der Waals surface area contributed by atoms with E-state index in [9.17, 15) is 4.79 Å². The average Bonchev–Trinajstić information content (AvgIpc) is 3.09. The molecule has 1 saturated heterocycles. The number of carbonyl (C=O) groups is 1. The second kappa shape index (κ2) is 7.52. The van der Waals surface area contributed by atoms with Crippen LogP contribution in [0.1, 0.15) is 12.8 Å². The van der Waals surface area contributed by atoms with Crippen LogP contribution in [-0.4, -0.2) is 66.2 Å². The van der Waals surface area contributed by atoms with Crippen molar-refractivity contribution < 1.29 is 18.8 Å². The van der Waals surface area contributed by atoms with E-state index < -0.39 is 0 Å². The smallest absolute Gasteiger partial charge is 0.241 e. The van der Waals surface area contributed by atoms with Gasteiger partial charge < -0.3 is 18.9 Å². The number of methoxy groups -OCH3 is 2. The lowest BCUT2D eigenvalue weighted by molar-refractivity contribution is -0.130. The normalized spacial score (nSPS) is 15.2. The third kappa shape index (κ3) is 3.90. The zero-order chi connectivity index (χ0) is 17.8. The second-order valence-electron chi connectivity index (χ2n) is 5.86. The van der Waals surface area contributed by atoms with Crippen molar-refractivity contribution in [3.8, 4) is 22.9 Å². The summed E-state index contributed by atoms with van der Waals surface area (Å²) in [7, 11) is 3.19. The lowest BCUT2D eigenvalue weighted by Crippen LogP contribution is -2.47. The fourth-order valence-electron chi connectivity index (χ4n) is 2.82. The van der Waals surface area contributed by atoms with E-state index in [0.717, 1.165) is 31.7 Å². The molecule has 1 fully saturated rings. The summed E-state index contributed by atoms with van der Waals surface area (Å²) >= 11 is 0. The topological polar surface area (TPSA) is 80.9 Å². The van der Waals surface area contributed by atoms with Crippen molar-refractivity contribution >= 4 is 5.91 Å². The molecule has 0 radical (unpaired) electrons. The second-order valence-corrected chi connectivity index (χ2v) is 5.86. The van der Waals surface area contributed by atoms with E-state index in [0.29, 0.717) is 29.8 Å². The van der Waals surface area contributed by atoms with Crippen molar-refractivity contribution in [3.63, 3.8) is 0 Å². The number of benzene rings is 1. The Morgan fingerprint density at radius 2 is 1.96 bits per heavy atom. The van der Waals surface area contributed by atoms with E-state index in [-0.39, 0.29) is 5.91 Å². The van der Waals surface area contributed by atoms with Crippen LogP contribution in [0.25, 0.3) is 11.4 Å². The predicted molar refractivity (Wildman–Crippen MR) is 90.4 cm³/mol. The highest BCUT2D eigenvalue weighted by Crippen LogP contribution is 2.31. The molecule has 0 N–H and O–H groups in total. The van der Waals surface area contributed by atoms with Crippen molar-refractivity contribution in [2.24, 2.45) is 0 Å². The number of nitrogens with zero attached hydrogens (tertiary/aromatic N) is 4. The summed E-state index contributed by atoms with van der Waals surface area (Å²) in [6, 6.07) is 5.46. The Labute approximate surface area is 146 Å². The SMILES string of the molecule is COc1ccc(-c2noc(CN3CCN(C(C)=O)CC3)n2)c(OC)c1. The molecule has 0 spiro atoms. The van der Waals surface area contributed by atoms with Crippen LogP contribution in [0.5, 0.6) is 11.5 Å². The molecule has 8 heteroatoms. The summed E-state index contributed by atoms with van der Waals surface area (Å²) in [6.45, 7) is 5.21. The molecule has 1 aliphatic rings. The van der Waals surface area contributed by atoms with Gasteiger partial charge in [0.25, 0.3) is 0 Å². The first-order valence-corrected chi connectivity index (χ1v) is 8.13. The van der Waals surface area contributed by atoms with Gasteiger partial charge in [-0.05, 0) is 12.1 Å². The van der Waals surface area contributed by atoms with Crippen molar-refractivity contribution in [1.82, 2.24) is 19.9 Å². The standard InChI is InChI=1S/C17H22N4O4/c1-12(22)21-8-6-20(7-9-21)11-16-18-17(19-25-16)14-5-4-13(23-2)10-15(14)24-3/h4-5,10H,6-9,11H2,1-3H3. The molecule has 0 aliphatic carbocycles. The lowest BCUT2D eigenvalue weighted by Gasteiger charge is -2.33. The van der Waals surface area contributed by atoms with Gasteiger partial charge in [0.1, 0.15) is 11.5 Å². The molecule has 0 unspecified atom stereocenters. The van der Waals surface area contributed by atoms with E-state index in [1.807, 2.05) is 17.0 Å². The van der Waals surface area contributed by atoms with Crippen LogP contribution in [0.2, 0.25) is 0 Å². The summed E-state index contributed by atoms with van der Waals surface area (Å²) in [5, 5.41) is 4.06. The van der Waals surface area contributed by atoms with Gasteiger partial charge in [0.15, 0.2) is 0 Å². The Morgan fingerprint density at radius 1 is 1.20 bits per heavy atom. The third-order valence-electron chi connectivity index (χ3n) is 4.29. The summed E-state index contributed by atoms with van der Waals surface area (Å²) < 4.78 is 16.0. The largest absolute Gasteiger partial charge is 0.497 e. The van der Waals surface area contributed by atoms with Gasteiger partial charge in [0, 0.05) is 39.2 Å². The molecule has 3 rings (SSSR count). The molecule has 2 aromatic rings. The van der Waals surface area contributed by atoms with Gasteiger partial charge in [0.2, 0.25) is 17.6 Å². The molecule has 1 aromatic heterocycles. The number of rotatable bonds is 5. The van der Waals surface area contributed by atoms with Crippen LogP contribution in [0.3, 0.4) is 0 Å². The number of piperazine rings is 1. The highest BCUT2D eigenvalue weighted by molar-refractivity contribution is 5.73. The van der Waals surface area contributed by atoms with Crippen molar-refractivity contribution in [3.05, 3.63) is 24.1 Å². The lowest BCUT2D eigenvalue weighted by atomic mass is 10.2. The van der Waals surface area contributed by atoms with Crippen LogP contribution in [0.4, 0.5) is 0 Å². The fraction of sp³-hybridized carbons (Fsp3) is 0.471. The molecule has 25 heavy (non-hydrogen) atoms. The molecule has 0 atom stereocenters. The molecule has 8 nitrogen and oxygen atoms in total. The van der Waals surface area contributed by atoms with Gasteiger partial charge in [-0.1, -0.05) is 5.16 Å². The molecule has 2 heterocycles. The Bertz CT molecular complexity index is 738. The first-order valence-electron chi connectivity index (χ1n) is 8.13. The maximum Gasteiger partial charge on any atom is 0.241 e. The van der Waals surface area contributed by atoms with E-state index in [1.165, 1.54) is 0 Å². The van der Waals surface area contributed by atoms with Crippen molar-refractivity contribution in [2.75, 3.05) is 40.4 Å². The van der Waals surface area contributed by atoms with Gasteiger partial charge >= 0.3 is 0 Å². The minimum Gasteiger partial charge on any atom is -0.497 e. The van der Waals surface area contributed by atoms with Crippen molar-refractivity contribution in [1.29, 1.82) is 0 Å². The first-order chi connectivity index (χ1) is 12.1. The summed E-state index contributed by atoms with van der Waals surface area (Å²) in [6.07, 6.45) is 0. The Kier molecular flexibility index (Phi) is 5.18. The summed E-state index contributed by atoms with van der Waals surface area (Å²) in [4.78, 5) is 19.9. The van der Waals surface area contributed by atoms with E-state index >= 15 is 0 Å². The monoisotopic (exact) mass is 346 g/mol. The molecular formula is C17H22N4O4. The molecule has 0 bridgehead atoms. The number of amides is 1. The zero-order valence-corrected chi connectivity index (χ0v) is 14.7. The summed E-state index contributed by atoms with van der Waals surface area (Å²) in [5.74, 6) is 2.47. The molecule has 0 saturated carbocycles.